The van der Waals surface area contributed by atoms with Crippen LogP contribution in [0.4, 0.5) is 0 Å². The van der Waals surface area contributed by atoms with Gasteiger partial charge >= 0.3 is 0 Å². The molecule has 0 unspecified atom stereocenters. The van der Waals surface area contributed by atoms with Crippen LogP contribution in [0.5, 0.6) is 11.5 Å². The van der Waals surface area contributed by atoms with Gasteiger partial charge in [0.1, 0.15) is 21.3 Å². The van der Waals surface area contributed by atoms with Crippen molar-refractivity contribution in [1.29, 1.82) is 0 Å². The molecule has 1 aromatic carbocycles. The van der Waals surface area contributed by atoms with Crippen molar-refractivity contribution in [3.05, 3.63) is 12.1 Å². The van der Waals surface area contributed by atoms with Gasteiger partial charge in [0.15, 0.2) is 9.84 Å². The molecule has 0 fully saturated rings. The third kappa shape index (κ3) is 3.56. The number of hydrogen-bond donors (Lipinski definition) is 0. The molecule has 0 aliphatic carbocycles. The van der Waals surface area contributed by atoms with E-state index in [-0.39, 0.29) is 22.1 Å². The number of halogens is 1. The number of ether oxygens (including phenoxy) is 2. The lowest BCUT2D eigenvalue weighted by Gasteiger charge is -2.13. The third-order valence-electron chi connectivity index (χ3n) is 2.52. The first-order chi connectivity index (χ1) is 9.17. The zero-order valence-electron chi connectivity index (χ0n) is 11.2. The predicted molar refractivity (Wildman–Crippen MR) is 74.9 cm³/mol. The Hall–Kier alpha value is -0.990. The highest BCUT2D eigenvalue weighted by molar-refractivity contribution is 8.13. The molecule has 0 spiro atoms. The van der Waals surface area contributed by atoms with Gasteiger partial charge in [-0.3, -0.25) is 0 Å². The fourth-order valence-corrected chi connectivity index (χ4v) is 4.24. The maximum Gasteiger partial charge on any atom is 0.265 e. The van der Waals surface area contributed by atoms with Gasteiger partial charge in [0.2, 0.25) is 0 Å². The van der Waals surface area contributed by atoms with Gasteiger partial charge in [-0.05, 0) is 12.5 Å². The van der Waals surface area contributed by atoms with Crippen LogP contribution in [0, 0.1) is 0 Å². The van der Waals surface area contributed by atoms with E-state index in [1.807, 2.05) is 0 Å². The van der Waals surface area contributed by atoms with Crippen molar-refractivity contribution in [1.82, 2.24) is 0 Å². The average Bonchev–Trinajstić information content (AvgIpc) is 2.35. The summed E-state index contributed by atoms with van der Waals surface area (Å²) in [6, 6.07) is 2.16. The van der Waals surface area contributed by atoms with Gasteiger partial charge in [0.05, 0.1) is 20.0 Å². The Bertz CT molecular complexity index is 694. The Morgan fingerprint density at radius 1 is 1.00 bits per heavy atom. The fourth-order valence-electron chi connectivity index (χ4n) is 1.65. The van der Waals surface area contributed by atoms with Gasteiger partial charge in [-0.1, -0.05) is 6.92 Å². The van der Waals surface area contributed by atoms with Gasteiger partial charge in [-0.2, -0.15) is 0 Å². The zero-order valence-corrected chi connectivity index (χ0v) is 13.6. The second kappa shape index (κ2) is 6.19. The lowest BCUT2D eigenvalue weighted by molar-refractivity contribution is 0.379. The monoisotopic (exact) mass is 342 g/mol. The Morgan fingerprint density at radius 3 is 1.90 bits per heavy atom. The van der Waals surface area contributed by atoms with Gasteiger partial charge in [0.25, 0.3) is 9.05 Å². The molecule has 20 heavy (non-hydrogen) atoms. The maximum absolute atomic E-state index is 12.1. The second-order valence-corrected chi connectivity index (χ2v) is 8.52. The molecule has 0 aliphatic rings. The molecule has 6 nitrogen and oxygen atoms in total. The molecule has 114 valence electrons. The van der Waals surface area contributed by atoms with Crippen molar-refractivity contribution in [2.24, 2.45) is 0 Å². The number of benzene rings is 1. The molecule has 0 bridgehead atoms. The summed E-state index contributed by atoms with van der Waals surface area (Å²) in [7, 11) is 0.0250. The molecule has 0 saturated heterocycles. The quantitative estimate of drug-likeness (QED) is 0.733. The molecule has 0 radical (unpaired) electrons. The topological polar surface area (TPSA) is 86.7 Å². The Balaban J connectivity index is 3.69. The molecule has 9 heteroatoms. The van der Waals surface area contributed by atoms with E-state index in [0.717, 1.165) is 6.07 Å². The van der Waals surface area contributed by atoms with Crippen LogP contribution in [0.3, 0.4) is 0 Å². The minimum Gasteiger partial charge on any atom is -0.495 e. The standard InChI is InChI=1S/C11H15ClO6S2/c1-4-5-19(13,14)10-7-11(20(12,15)16)9(18-3)6-8(10)17-2/h6-7H,4-5H2,1-3H3. The summed E-state index contributed by atoms with van der Waals surface area (Å²) < 4.78 is 57.2. The summed E-state index contributed by atoms with van der Waals surface area (Å²) in [6.07, 6.45) is 0.389. The molecule has 0 amide bonds. The highest BCUT2D eigenvalue weighted by Crippen LogP contribution is 2.36. The predicted octanol–water partition coefficient (Wildman–Crippen LogP) is 1.81. The normalized spacial score (nSPS) is 12.2. The lowest BCUT2D eigenvalue weighted by Crippen LogP contribution is -2.09. The SMILES string of the molecule is CCCS(=O)(=O)c1cc(S(=O)(=O)Cl)c(OC)cc1OC. The van der Waals surface area contributed by atoms with Crippen molar-refractivity contribution in [2.75, 3.05) is 20.0 Å². The first-order valence-electron chi connectivity index (χ1n) is 5.60. The van der Waals surface area contributed by atoms with E-state index in [1.54, 1.807) is 6.92 Å². The van der Waals surface area contributed by atoms with Crippen LogP contribution in [0.25, 0.3) is 0 Å². The van der Waals surface area contributed by atoms with Crippen LogP contribution in [0.15, 0.2) is 21.9 Å². The van der Waals surface area contributed by atoms with Crippen LogP contribution in [0.1, 0.15) is 13.3 Å². The van der Waals surface area contributed by atoms with Crippen molar-refractivity contribution in [3.8, 4) is 11.5 Å². The average molecular weight is 343 g/mol. The maximum atomic E-state index is 12.1. The summed E-state index contributed by atoms with van der Waals surface area (Å²) in [5.74, 6) is -0.191. The van der Waals surface area contributed by atoms with Gasteiger partial charge < -0.3 is 9.47 Å². The molecule has 0 heterocycles. The zero-order chi connectivity index (χ0) is 15.6. The smallest absolute Gasteiger partial charge is 0.265 e. The van der Waals surface area contributed by atoms with Crippen molar-refractivity contribution >= 4 is 29.6 Å². The van der Waals surface area contributed by atoms with Crippen LogP contribution < -0.4 is 9.47 Å². The van der Waals surface area contributed by atoms with E-state index >= 15 is 0 Å². The number of methoxy groups -OCH3 is 2. The molecular formula is C11H15ClO6S2. The molecular weight excluding hydrogens is 328 g/mol. The highest BCUT2D eigenvalue weighted by Gasteiger charge is 2.26. The first kappa shape index (κ1) is 17.1. The van der Waals surface area contributed by atoms with Crippen molar-refractivity contribution in [2.45, 2.75) is 23.1 Å². The molecule has 0 atom stereocenters. The first-order valence-corrected chi connectivity index (χ1v) is 9.57. The summed E-state index contributed by atoms with van der Waals surface area (Å²) in [5, 5.41) is 0. The number of hydrogen-bond acceptors (Lipinski definition) is 6. The van der Waals surface area contributed by atoms with Crippen LogP contribution in [0.2, 0.25) is 0 Å². The summed E-state index contributed by atoms with van der Waals surface area (Å²) >= 11 is 0. The number of sulfone groups is 1. The molecule has 1 rings (SSSR count). The minimum atomic E-state index is -4.14. The van der Waals surface area contributed by atoms with Gasteiger partial charge in [0, 0.05) is 16.7 Å². The van der Waals surface area contributed by atoms with E-state index < -0.39 is 23.8 Å². The summed E-state index contributed by atoms with van der Waals surface area (Å²) in [4.78, 5) is -0.626. The Kier molecular flexibility index (Phi) is 5.28. The van der Waals surface area contributed by atoms with E-state index in [1.165, 1.54) is 20.3 Å². The van der Waals surface area contributed by atoms with Crippen LogP contribution in [-0.4, -0.2) is 36.8 Å². The van der Waals surface area contributed by atoms with Crippen molar-refractivity contribution in [3.63, 3.8) is 0 Å². The Morgan fingerprint density at radius 2 is 1.50 bits per heavy atom. The minimum absolute atomic E-state index is 0.0133. The lowest BCUT2D eigenvalue weighted by atomic mass is 10.3. The summed E-state index contributed by atoms with van der Waals surface area (Å²) in [5.41, 5.74) is 0. The van der Waals surface area contributed by atoms with E-state index in [9.17, 15) is 16.8 Å². The largest absolute Gasteiger partial charge is 0.495 e. The van der Waals surface area contributed by atoms with Crippen LogP contribution >= 0.6 is 10.7 Å². The Labute approximate surface area is 123 Å². The van der Waals surface area contributed by atoms with E-state index in [4.69, 9.17) is 20.2 Å². The molecule has 0 aromatic heterocycles. The molecule has 0 aliphatic heterocycles. The summed E-state index contributed by atoms with van der Waals surface area (Å²) in [6.45, 7) is 1.70. The highest BCUT2D eigenvalue weighted by atomic mass is 35.7. The molecule has 0 N–H and O–H groups in total. The fraction of sp³-hybridized carbons (Fsp3) is 0.455. The van der Waals surface area contributed by atoms with Crippen LogP contribution in [-0.2, 0) is 18.9 Å². The molecule has 1 aromatic rings. The van der Waals surface area contributed by atoms with E-state index in [0.29, 0.717) is 6.42 Å². The molecule has 0 saturated carbocycles. The third-order valence-corrected chi connectivity index (χ3v) is 5.80. The van der Waals surface area contributed by atoms with Gasteiger partial charge in [-0.15, -0.1) is 0 Å². The van der Waals surface area contributed by atoms with Gasteiger partial charge in [-0.25, -0.2) is 16.8 Å². The van der Waals surface area contributed by atoms with E-state index in [2.05, 4.69) is 0 Å². The number of rotatable bonds is 6. The second-order valence-electron chi connectivity index (χ2n) is 3.91. The van der Waals surface area contributed by atoms with Crippen molar-refractivity contribution < 1.29 is 26.3 Å².